The van der Waals surface area contributed by atoms with Crippen molar-refractivity contribution in [2.45, 2.75) is 26.1 Å². The van der Waals surface area contributed by atoms with Gasteiger partial charge in [-0.2, -0.15) is 0 Å². The molecule has 2 unspecified atom stereocenters. The van der Waals surface area contributed by atoms with Crippen molar-refractivity contribution in [1.29, 1.82) is 0 Å². The molecule has 0 saturated heterocycles. The third-order valence-electron chi connectivity index (χ3n) is 0.699. The number of hydrogen-bond donors (Lipinski definition) is 3. The van der Waals surface area contributed by atoms with E-state index in [4.69, 9.17) is 15.3 Å². The van der Waals surface area contributed by atoms with Gasteiger partial charge in [0.25, 0.3) is 0 Å². The van der Waals surface area contributed by atoms with E-state index in [0.29, 0.717) is 0 Å². The number of carbonyl (C=O) groups excluding carboxylic acids is 1. The summed E-state index contributed by atoms with van der Waals surface area (Å²) < 4.78 is 0. The summed E-state index contributed by atoms with van der Waals surface area (Å²) in [5.74, 6) is -2.62. The van der Waals surface area contributed by atoms with Crippen LogP contribution in [-0.4, -0.2) is 39.5 Å². The van der Waals surface area contributed by atoms with Gasteiger partial charge in [-0.15, -0.1) is 0 Å². The Morgan fingerprint density at radius 1 is 1.15 bits per heavy atom. The number of carboxylic acid groups (broad SMARTS) is 2. The van der Waals surface area contributed by atoms with Crippen LogP contribution in [0.1, 0.15) is 13.8 Å². The van der Waals surface area contributed by atoms with E-state index in [1.165, 1.54) is 6.92 Å². The maximum Gasteiger partial charge on any atom is 1.00 e. The van der Waals surface area contributed by atoms with Crippen LogP contribution in [0.2, 0.25) is 0 Å². The fourth-order valence-electron chi connectivity index (χ4n) is 0. The number of rotatable bonds is 2. The zero-order valence-electron chi connectivity index (χ0n) is 7.72. The number of aliphatic carboxylic acids is 2. The summed E-state index contributed by atoms with van der Waals surface area (Å²) in [5.41, 5.74) is 0. The number of hydrogen-bond acceptors (Lipinski definition) is 5. The molecule has 7 heteroatoms. The van der Waals surface area contributed by atoms with Crippen LogP contribution in [0.25, 0.3) is 0 Å². The molecule has 0 fully saturated rings. The Bertz CT molecular complexity index is 137. The van der Waals surface area contributed by atoms with Crippen LogP contribution in [0.5, 0.6) is 0 Å². The molecule has 0 aromatic carbocycles. The van der Waals surface area contributed by atoms with Gasteiger partial charge in [0.05, 0.1) is 12.1 Å². The minimum Gasteiger partial charge on any atom is -0.547 e. The fraction of sp³-hybridized carbons (Fsp3) is 0.667. The minimum absolute atomic E-state index is 0. The molecule has 0 aromatic rings. The van der Waals surface area contributed by atoms with Crippen molar-refractivity contribution in [3.05, 3.63) is 0 Å². The van der Waals surface area contributed by atoms with Gasteiger partial charge in [-0.25, -0.2) is 4.79 Å². The van der Waals surface area contributed by atoms with Crippen LogP contribution in [0, 0.1) is 0 Å². The molecule has 0 aliphatic heterocycles. The van der Waals surface area contributed by atoms with Crippen LogP contribution in [0.3, 0.4) is 0 Å². The molecule has 0 saturated carbocycles. The second-order valence-electron chi connectivity index (χ2n) is 2.01. The zero-order chi connectivity index (χ0) is 10.3. The number of carbonyl (C=O) groups is 2. The van der Waals surface area contributed by atoms with Gasteiger partial charge in [-0.05, 0) is 13.8 Å². The normalized spacial score (nSPS) is 12.6. The molecule has 0 bridgehead atoms. The number of aliphatic hydroxyl groups is 2. The molecule has 0 heterocycles. The average Bonchev–Trinajstić information content (AvgIpc) is 1.88. The van der Waals surface area contributed by atoms with Gasteiger partial charge in [-0.3, -0.25) is 0 Å². The quantitative estimate of drug-likeness (QED) is 0.398. The van der Waals surface area contributed by atoms with Gasteiger partial charge in [0.1, 0.15) is 6.10 Å². The largest absolute Gasteiger partial charge is 1.00 e. The van der Waals surface area contributed by atoms with Crippen molar-refractivity contribution in [2.75, 3.05) is 0 Å². The van der Waals surface area contributed by atoms with Crippen molar-refractivity contribution in [1.82, 2.24) is 0 Å². The van der Waals surface area contributed by atoms with E-state index in [-0.39, 0.29) is 51.4 Å². The molecule has 3 N–H and O–H groups in total. The number of aliphatic hydroxyl groups excluding tert-OH is 2. The Kier molecular flexibility index (Phi) is 15.6. The summed E-state index contributed by atoms with van der Waals surface area (Å²) in [6.45, 7) is 2.33. The predicted octanol–water partition coefficient (Wildman–Crippen LogP) is -5.43. The second kappa shape index (κ2) is 10.6. The molecule has 0 aliphatic rings. The Morgan fingerprint density at radius 3 is 1.31 bits per heavy atom. The Hall–Kier alpha value is 0.496. The molecule has 0 aliphatic carbocycles. The molecule has 13 heavy (non-hydrogen) atoms. The molecular formula is C6H11KO6. The third kappa shape index (κ3) is 19.1. The van der Waals surface area contributed by atoms with Crippen LogP contribution in [0.4, 0.5) is 0 Å². The second-order valence-corrected chi connectivity index (χ2v) is 2.01. The molecule has 2 atom stereocenters. The standard InChI is InChI=1S/2C3H6O3.K/c2*1-2(4)3(5)6;/h2*2,4H,1H3,(H,5,6);/q;;+1/p-1. The summed E-state index contributed by atoms with van der Waals surface area (Å²) in [6.07, 6.45) is -2.57. The van der Waals surface area contributed by atoms with Crippen LogP contribution in [-0.2, 0) is 9.59 Å². The first-order chi connectivity index (χ1) is 5.29. The van der Waals surface area contributed by atoms with E-state index in [1.807, 2.05) is 0 Å². The number of carboxylic acids is 2. The molecule has 0 spiro atoms. The van der Waals surface area contributed by atoms with Crippen LogP contribution >= 0.6 is 0 Å². The smallest absolute Gasteiger partial charge is 0.547 e. The Balaban J connectivity index is -0.000000143. The predicted molar refractivity (Wildman–Crippen MR) is 36.0 cm³/mol. The molecule has 0 aromatic heterocycles. The molecule has 0 radical (unpaired) electrons. The maximum atomic E-state index is 9.45. The van der Waals surface area contributed by atoms with E-state index in [0.717, 1.165) is 6.92 Å². The summed E-state index contributed by atoms with van der Waals surface area (Å²) in [5, 5.41) is 33.1. The van der Waals surface area contributed by atoms with E-state index < -0.39 is 24.1 Å². The van der Waals surface area contributed by atoms with Crippen LogP contribution < -0.4 is 56.5 Å². The molecular weight excluding hydrogens is 207 g/mol. The van der Waals surface area contributed by atoms with Gasteiger partial charge in [0, 0.05) is 0 Å². The van der Waals surface area contributed by atoms with Gasteiger partial charge in [0.2, 0.25) is 0 Å². The van der Waals surface area contributed by atoms with Crippen molar-refractivity contribution in [3.8, 4) is 0 Å². The molecule has 0 amide bonds. The van der Waals surface area contributed by atoms with Gasteiger partial charge in [0.15, 0.2) is 0 Å². The van der Waals surface area contributed by atoms with Crippen molar-refractivity contribution in [3.63, 3.8) is 0 Å². The third-order valence-corrected chi connectivity index (χ3v) is 0.699. The first-order valence-corrected chi connectivity index (χ1v) is 3.08. The SMILES string of the molecule is CC(O)C(=O)O.CC(O)C(=O)[O-].[K+]. The summed E-state index contributed by atoms with van der Waals surface area (Å²) in [4.78, 5) is 18.8. The Morgan fingerprint density at radius 2 is 1.31 bits per heavy atom. The van der Waals surface area contributed by atoms with Crippen molar-refractivity contribution < 1.29 is 81.4 Å². The van der Waals surface area contributed by atoms with Gasteiger partial charge < -0.3 is 25.2 Å². The zero-order valence-corrected chi connectivity index (χ0v) is 10.8. The molecule has 0 rings (SSSR count). The van der Waals surface area contributed by atoms with Crippen molar-refractivity contribution in [2.24, 2.45) is 0 Å². The minimum atomic E-state index is -1.44. The van der Waals surface area contributed by atoms with E-state index in [2.05, 4.69) is 0 Å². The summed E-state index contributed by atoms with van der Waals surface area (Å²) in [7, 11) is 0. The summed E-state index contributed by atoms with van der Waals surface area (Å²) >= 11 is 0. The molecule has 72 valence electrons. The van der Waals surface area contributed by atoms with E-state index >= 15 is 0 Å². The van der Waals surface area contributed by atoms with Crippen molar-refractivity contribution >= 4 is 11.9 Å². The first-order valence-electron chi connectivity index (χ1n) is 3.08. The van der Waals surface area contributed by atoms with Gasteiger partial charge >= 0.3 is 57.4 Å². The van der Waals surface area contributed by atoms with E-state index in [9.17, 15) is 14.7 Å². The first kappa shape index (κ1) is 19.1. The topological polar surface area (TPSA) is 118 Å². The average molecular weight is 218 g/mol. The Labute approximate surface area is 118 Å². The summed E-state index contributed by atoms with van der Waals surface area (Å²) in [6, 6.07) is 0. The monoisotopic (exact) mass is 218 g/mol. The fourth-order valence-corrected chi connectivity index (χ4v) is 0. The molecule has 6 nitrogen and oxygen atoms in total. The van der Waals surface area contributed by atoms with Gasteiger partial charge in [-0.1, -0.05) is 0 Å². The maximum absolute atomic E-state index is 9.45. The van der Waals surface area contributed by atoms with E-state index in [1.54, 1.807) is 0 Å². The van der Waals surface area contributed by atoms with Crippen LogP contribution in [0.15, 0.2) is 0 Å².